The Morgan fingerprint density at radius 2 is 1.79 bits per heavy atom. The van der Waals surface area contributed by atoms with Crippen LogP contribution >= 0.6 is 11.6 Å². The van der Waals surface area contributed by atoms with E-state index in [9.17, 15) is 4.79 Å². The minimum Gasteiger partial charge on any atom is -0.385 e. The minimum atomic E-state index is 0.000214. The van der Waals surface area contributed by atoms with Gasteiger partial charge in [0.25, 0.3) is 5.91 Å². The molecule has 5 heteroatoms. The highest BCUT2D eigenvalue weighted by Crippen LogP contribution is 2.16. The molecule has 0 atom stereocenters. The Kier molecular flexibility index (Phi) is 7.29. The summed E-state index contributed by atoms with van der Waals surface area (Å²) < 4.78 is 7.36. The molecule has 4 nitrogen and oxygen atoms in total. The van der Waals surface area contributed by atoms with Crippen molar-refractivity contribution in [2.75, 3.05) is 20.3 Å². The van der Waals surface area contributed by atoms with Crippen molar-refractivity contribution in [2.45, 2.75) is 19.5 Å². The quantitative estimate of drug-likeness (QED) is 0.483. The second kappa shape index (κ2) is 10.1. The molecule has 1 amide bonds. The number of amides is 1. The highest BCUT2D eigenvalue weighted by molar-refractivity contribution is 6.30. The minimum absolute atomic E-state index is 0.000214. The van der Waals surface area contributed by atoms with Gasteiger partial charge in [0.1, 0.15) is 0 Å². The van der Waals surface area contributed by atoms with Crippen molar-refractivity contribution in [3.05, 3.63) is 94.8 Å². The Balaban J connectivity index is 1.77. The molecule has 0 saturated heterocycles. The van der Waals surface area contributed by atoms with Crippen molar-refractivity contribution < 1.29 is 9.53 Å². The summed E-state index contributed by atoms with van der Waals surface area (Å²) in [6, 6.07) is 21.5. The summed E-state index contributed by atoms with van der Waals surface area (Å²) >= 11 is 5.97. The van der Waals surface area contributed by atoms with Crippen LogP contribution in [0.25, 0.3) is 0 Å². The molecule has 3 aromatic rings. The third-order valence-corrected chi connectivity index (χ3v) is 4.88. The lowest BCUT2D eigenvalue weighted by Crippen LogP contribution is -2.33. The van der Waals surface area contributed by atoms with Gasteiger partial charge in [-0.15, -0.1) is 0 Å². The van der Waals surface area contributed by atoms with Gasteiger partial charge < -0.3 is 14.2 Å². The summed E-state index contributed by atoms with van der Waals surface area (Å²) in [5.41, 5.74) is 2.97. The van der Waals surface area contributed by atoms with Crippen molar-refractivity contribution in [1.82, 2.24) is 9.47 Å². The maximum Gasteiger partial charge on any atom is 0.254 e. The lowest BCUT2D eigenvalue weighted by atomic mass is 10.2. The Hall–Kier alpha value is -2.56. The molecule has 1 aromatic heterocycles. The summed E-state index contributed by atoms with van der Waals surface area (Å²) in [7, 11) is 1.68. The van der Waals surface area contributed by atoms with Crippen LogP contribution in [0.3, 0.4) is 0 Å². The number of carbonyl (C=O) groups excluding carboxylic acids is 1. The summed E-state index contributed by atoms with van der Waals surface area (Å²) in [6.07, 6.45) is 2.84. The first-order chi connectivity index (χ1) is 13.7. The largest absolute Gasteiger partial charge is 0.385 e. The number of carbonyl (C=O) groups is 1. The summed E-state index contributed by atoms with van der Waals surface area (Å²) in [5.74, 6) is 0.000214. The molecule has 1 heterocycles. The van der Waals surface area contributed by atoms with Gasteiger partial charge in [0.15, 0.2) is 0 Å². The Labute approximate surface area is 171 Å². The lowest BCUT2D eigenvalue weighted by Gasteiger charge is -2.24. The van der Waals surface area contributed by atoms with Crippen LogP contribution in [0.4, 0.5) is 0 Å². The second-order valence-electron chi connectivity index (χ2n) is 6.69. The maximum absolute atomic E-state index is 13.1. The first kappa shape index (κ1) is 20.2. The molecular formula is C23H25ClN2O2. The van der Waals surface area contributed by atoms with Crippen LogP contribution in [0, 0.1) is 0 Å². The standard InChI is InChI=1S/C23H25ClN2O2/c1-28-16-6-15-26(23(27)20-10-12-21(24)13-11-20)18-22-9-5-14-25(22)17-19-7-3-2-4-8-19/h2-5,7-14H,6,15-18H2,1H3. The highest BCUT2D eigenvalue weighted by atomic mass is 35.5. The van der Waals surface area contributed by atoms with Crippen molar-refractivity contribution >= 4 is 17.5 Å². The van der Waals surface area contributed by atoms with Gasteiger partial charge in [-0.1, -0.05) is 41.9 Å². The number of halogens is 1. The van der Waals surface area contributed by atoms with Gasteiger partial charge in [-0.25, -0.2) is 0 Å². The highest BCUT2D eigenvalue weighted by Gasteiger charge is 2.17. The third kappa shape index (κ3) is 5.47. The fourth-order valence-corrected chi connectivity index (χ4v) is 3.28. The van der Waals surface area contributed by atoms with Gasteiger partial charge in [0.05, 0.1) is 6.54 Å². The molecule has 0 aliphatic carbocycles. The van der Waals surface area contributed by atoms with E-state index in [0.717, 1.165) is 18.7 Å². The van der Waals surface area contributed by atoms with E-state index in [1.54, 1.807) is 31.4 Å². The number of hydrogen-bond donors (Lipinski definition) is 0. The van der Waals surface area contributed by atoms with Crippen molar-refractivity contribution in [1.29, 1.82) is 0 Å². The molecule has 0 spiro atoms. The fourth-order valence-electron chi connectivity index (χ4n) is 3.15. The smallest absolute Gasteiger partial charge is 0.254 e. The van der Waals surface area contributed by atoms with Gasteiger partial charge in [-0.05, 0) is 48.4 Å². The molecular weight excluding hydrogens is 372 g/mol. The monoisotopic (exact) mass is 396 g/mol. The molecule has 0 fully saturated rings. The van der Waals surface area contributed by atoms with Crippen LogP contribution in [0.5, 0.6) is 0 Å². The number of rotatable bonds is 9. The molecule has 2 aromatic carbocycles. The van der Waals surface area contributed by atoms with Gasteiger partial charge in [0.2, 0.25) is 0 Å². The van der Waals surface area contributed by atoms with E-state index in [-0.39, 0.29) is 5.91 Å². The molecule has 0 saturated carbocycles. The zero-order chi connectivity index (χ0) is 19.8. The van der Waals surface area contributed by atoms with E-state index in [4.69, 9.17) is 16.3 Å². The van der Waals surface area contributed by atoms with Gasteiger partial charge in [-0.2, -0.15) is 0 Å². The second-order valence-corrected chi connectivity index (χ2v) is 7.13. The average Bonchev–Trinajstić information content (AvgIpc) is 3.15. The van der Waals surface area contributed by atoms with E-state index < -0.39 is 0 Å². The van der Waals surface area contributed by atoms with Crippen molar-refractivity contribution in [2.24, 2.45) is 0 Å². The number of benzene rings is 2. The van der Waals surface area contributed by atoms with Crippen LogP contribution in [0.1, 0.15) is 28.0 Å². The molecule has 0 unspecified atom stereocenters. The van der Waals surface area contributed by atoms with E-state index in [2.05, 4.69) is 29.0 Å². The topological polar surface area (TPSA) is 34.5 Å². The lowest BCUT2D eigenvalue weighted by molar-refractivity contribution is 0.0720. The van der Waals surface area contributed by atoms with Gasteiger partial charge >= 0.3 is 0 Å². The Bertz CT molecular complexity index is 875. The number of methoxy groups -OCH3 is 1. The fraction of sp³-hybridized carbons (Fsp3) is 0.261. The first-order valence-electron chi connectivity index (χ1n) is 9.39. The normalized spacial score (nSPS) is 10.8. The van der Waals surface area contributed by atoms with Crippen LogP contribution in [-0.2, 0) is 17.8 Å². The third-order valence-electron chi connectivity index (χ3n) is 4.63. The zero-order valence-corrected chi connectivity index (χ0v) is 16.8. The predicted octanol–water partition coefficient (Wildman–Crippen LogP) is 4.87. The van der Waals surface area contributed by atoms with Gasteiger partial charge in [0, 0.05) is 49.3 Å². The van der Waals surface area contributed by atoms with Crippen molar-refractivity contribution in [3.8, 4) is 0 Å². The van der Waals surface area contributed by atoms with Crippen LogP contribution in [-0.4, -0.2) is 35.6 Å². The molecule has 28 heavy (non-hydrogen) atoms. The molecule has 0 radical (unpaired) electrons. The molecule has 0 N–H and O–H groups in total. The number of nitrogens with zero attached hydrogens (tertiary/aromatic N) is 2. The van der Waals surface area contributed by atoms with E-state index in [0.29, 0.717) is 30.3 Å². The predicted molar refractivity (Wildman–Crippen MR) is 113 cm³/mol. The number of hydrogen-bond acceptors (Lipinski definition) is 2. The van der Waals surface area contributed by atoms with E-state index >= 15 is 0 Å². The number of ether oxygens (including phenoxy) is 1. The molecule has 0 bridgehead atoms. The van der Waals surface area contributed by atoms with Crippen LogP contribution < -0.4 is 0 Å². The summed E-state index contributed by atoms with van der Waals surface area (Å²) in [4.78, 5) is 15.0. The molecule has 146 valence electrons. The van der Waals surface area contributed by atoms with E-state index in [1.807, 2.05) is 29.2 Å². The molecule has 0 aliphatic rings. The molecule has 3 rings (SSSR count). The molecule has 0 aliphatic heterocycles. The van der Waals surface area contributed by atoms with E-state index in [1.165, 1.54) is 5.56 Å². The SMILES string of the molecule is COCCCN(Cc1cccn1Cc1ccccc1)C(=O)c1ccc(Cl)cc1. The number of aromatic nitrogens is 1. The Morgan fingerprint density at radius 3 is 2.50 bits per heavy atom. The maximum atomic E-state index is 13.1. The zero-order valence-electron chi connectivity index (χ0n) is 16.1. The summed E-state index contributed by atoms with van der Waals surface area (Å²) in [5, 5.41) is 0.624. The van der Waals surface area contributed by atoms with Gasteiger partial charge in [-0.3, -0.25) is 4.79 Å². The first-order valence-corrected chi connectivity index (χ1v) is 9.77. The Morgan fingerprint density at radius 1 is 1.04 bits per heavy atom. The van der Waals surface area contributed by atoms with Crippen LogP contribution in [0.15, 0.2) is 72.9 Å². The van der Waals surface area contributed by atoms with Crippen LogP contribution in [0.2, 0.25) is 5.02 Å². The van der Waals surface area contributed by atoms with Crippen molar-refractivity contribution in [3.63, 3.8) is 0 Å². The average molecular weight is 397 g/mol. The summed E-state index contributed by atoms with van der Waals surface area (Å²) in [6.45, 7) is 2.58.